The van der Waals surface area contributed by atoms with Crippen molar-refractivity contribution in [2.75, 3.05) is 11.9 Å². The van der Waals surface area contributed by atoms with Crippen molar-refractivity contribution in [1.29, 1.82) is 0 Å². The van der Waals surface area contributed by atoms with E-state index in [2.05, 4.69) is 5.32 Å². The number of halogens is 2. The lowest BCUT2D eigenvalue weighted by Crippen LogP contribution is -2.13. The van der Waals surface area contributed by atoms with Crippen molar-refractivity contribution in [3.63, 3.8) is 0 Å². The molecule has 0 spiro atoms. The molecule has 0 aliphatic carbocycles. The maximum Gasteiger partial charge on any atom is 0.224 e. The van der Waals surface area contributed by atoms with Gasteiger partial charge in [0.1, 0.15) is 0 Å². The number of hydrogen-bond donors (Lipinski definition) is 2. The molecule has 84 valence electrons. The summed E-state index contributed by atoms with van der Waals surface area (Å²) >= 11 is 5.70. The van der Waals surface area contributed by atoms with Gasteiger partial charge in [0.2, 0.25) is 5.91 Å². The zero-order valence-electron chi connectivity index (χ0n) is 8.20. The lowest BCUT2D eigenvalue weighted by Gasteiger charge is -2.03. The third-order valence-corrected chi connectivity index (χ3v) is 1.99. The first kappa shape index (κ1) is 14.2. The van der Waals surface area contributed by atoms with Crippen LogP contribution >= 0.6 is 24.0 Å². The molecule has 0 unspecified atom stereocenters. The zero-order valence-corrected chi connectivity index (χ0v) is 9.77. The molecule has 0 saturated carbocycles. The Morgan fingerprint density at radius 3 is 2.47 bits per heavy atom. The van der Waals surface area contributed by atoms with E-state index in [9.17, 15) is 4.79 Å². The molecule has 0 saturated heterocycles. The van der Waals surface area contributed by atoms with Gasteiger partial charge in [0.25, 0.3) is 0 Å². The molecule has 0 fully saturated rings. The zero-order chi connectivity index (χ0) is 10.4. The SMILES string of the molecule is Cl.NCCCC(=O)Nc1ccc(Cl)cc1. The number of hydrogen-bond acceptors (Lipinski definition) is 2. The van der Waals surface area contributed by atoms with Crippen LogP contribution in [-0.4, -0.2) is 12.5 Å². The van der Waals surface area contributed by atoms with Gasteiger partial charge in [-0.25, -0.2) is 0 Å². The topological polar surface area (TPSA) is 55.1 Å². The van der Waals surface area contributed by atoms with Crippen molar-refractivity contribution in [3.8, 4) is 0 Å². The minimum absolute atomic E-state index is 0. The van der Waals surface area contributed by atoms with Crippen LogP contribution in [0.3, 0.4) is 0 Å². The predicted molar refractivity (Wildman–Crippen MR) is 65.6 cm³/mol. The van der Waals surface area contributed by atoms with Crippen LogP contribution in [0, 0.1) is 0 Å². The number of anilines is 1. The van der Waals surface area contributed by atoms with Crippen molar-refractivity contribution >= 4 is 35.6 Å². The summed E-state index contributed by atoms with van der Waals surface area (Å²) in [5.74, 6) is -0.0160. The van der Waals surface area contributed by atoms with Gasteiger partial charge < -0.3 is 11.1 Å². The van der Waals surface area contributed by atoms with Gasteiger partial charge in [0.05, 0.1) is 0 Å². The first-order chi connectivity index (χ1) is 6.72. The fourth-order valence-electron chi connectivity index (χ4n) is 1.02. The lowest BCUT2D eigenvalue weighted by atomic mass is 10.2. The summed E-state index contributed by atoms with van der Waals surface area (Å²) in [6.07, 6.45) is 1.17. The normalized spacial score (nSPS) is 9.20. The predicted octanol–water partition coefficient (Wildman–Crippen LogP) is 2.44. The molecule has 0 bridgehead atoms. The molecule has 0 atom stereocenters. The molecular formula is C10H14Cl2N2O. The fraction of sp³-hybridized carbons (Fsp3) is 0.300. The molecule has 0 aromatic heterocycles. The summed E-state index contributed by atoms with van der Waals surface area (Å²) in [7, 11) is 0. The Balaban J connectivity index is 0.00000196. The standard InChI is InChI=1S/C10H13ClN2O.ClH/c11-8-3-5-9(6-4-8)13-10(14)2-1-7-12;/h3-6H,1-2,7,12H2,(H,13,14);1H. The number of carbonyl (C=O) groups is 1. The first-order valence-corrected chi connectivity index (χ1v) is 4.85. The number of amides is 1. The van der Waals surface area contributed by atoms with Crippen molar-refractivity contribution in [2.45, 2.75) is 12.8 Å². The smallest absolute Gasteiger partial charge is 0.224 e. The number of carbonyl (C=O) groups excluding carboxylic acids is 1. The van der Waals surface area contributed by atoms with Crippen LogP contribution in [0.5, 0.6) is 0 Å². The highest BCUT2D eigenvalue weighted by atomic mass is 35.5. The molecular weight excluding hydrogens is 235 g/mol. The largest absolute Gasteiger partial charge is 0.330 e. The minimum atomic E-state index is -0.0160. The quantitative estimate of drug-likeness (QED) is 0.861. The second-order valence-electron chi connectivity index (χ2n) is 2.95. The van der Waals surface area contributed by atoms with Gasteiger partial charge in [0, 0.05) is 17.1 Å². The van der Waals surface area contributed by atoms with Crippen LogP contribution in [0.15, 0.2) is 24.3 Å². The Morgan fingerprint density at radius 1 is 1.33 bits per heavy atom. The highest BCUT2D eigenvalue weighted by Gasteiger charge is 2.00. The van der Waals surface area contributed by atoms with Crippen molar-refractivity contribution < 1.29 is 4.79 Å². The molecule has 3 nitrogen and oxygen atoms in total. The average molecular weight is 249 g/mol. The molecule has 3 N–H and O–H groups in total. The van der Waals surface area contributed by atoms with E-state index in [1.54, 1.807) is 24.3 Å². The van der Waals surface area contributed by atoms with Crippen molar-refractivity contribution in [3.05, 3.63) is 29.3 Å². The molecule has 1 rings (SSSR count). The van der Waals surface area contributed by atoms with E-state index in [4.69, 9.17) is 17.3 Å². The molecule has 1 aromatic carbocycles. The molecule has 0 radical (unpaired) electrons. The summed E-state index contributed by atoms with van der Waals surface area (Å²) in [5, 5.41) is 3.41. The molecule has 5 heteroatoms. The Hall–Kier alpha value is -0.770. The molecule has 15 heavy (non-hydrogen) atoms. The Labute approximate surface area is 100 Å². The highest BCUT2D eigenvalue weighted by molar-refractivity contribution is 6.30. The summed E-state index contributed by atoms with van der Waals surface area (Å²) in [6, 6.07) is 7.01. The van der Waals surface area contributed by atoms with E-state index in [1.165, 1.54) is 0 Å². The van der Waals surface area contributed by atoms with Gasteiger partial charge >= 0.3 is 0 Å². The van der Waals surface area contributed by atoms with E-state index in [-0.39, 0.29) is 18.3 Å². The molecule has 0 aliphatic rings. The van der Waals surface area contributed by atoms with Crippen molar-refractivity contribution in [2.24, 2.45) is 5.73 Å². The van der Waals surface area contributed by atoms with Crippen LogP contribution in [0.2, 0.25) is 5.02 Å². The Bertz CT molecular complexity index is 301. The van der Waals surface area contributed by atoms with E-state index in [0.29, 0.717) is 24.4 Å². The maximum atomic E-state index is 11.3. The van der Waals surface area contributed by atoms with Crippen molar-refractivity contribution in [1.82, 2.24) is 0 Å². The molecule has 1 amide bonds. The monoisotopic (exact) mass is 248 g/mol. The third-order valence-electron chi connectivity index (χ3n) is 1.74. The van der Waals surface area contributed by atoms with E-state index < -0.39 is 0 Å². The third kappa shape index (κ3) is 5.62. The summed E-state index contributed by atoms with van der Waals surface area (Å²) in [4.78, 5) is 11.3. The van der Waals surface area contributed by atoms with Crippen LogP contribution in [-0.2, 0) is 4.79 Å². The highest BCUT2D eigenvalue weighted by Crippen LogP contribution is 2.13. The molecule has 0 aliphatic heterocycles. The summed E-state index contributed by atoms with van der Waals surface area (Å²) in [5.41, 5.74) is 6.05. The summed E-state index contributed by atoms with van der Waals surface area (Å²) < 4.78 is 0. The van der Waals surface area contributed by atoms with Gasteiger partial charge in [-0.1, -0.05) is 11.6 Å². The van der Waals surface area contributed by atoms with Gasteiger partial charge in [0.15, 0.2) is 0 Å². The first-order valence-electron chi connectivity index (χ1n) is 4.48. The van der Waals surface area contributed by atoms with Gasteiger partial charge in [-0.3, -0.25) is 4.79 Å². The van der Waals surface area contributed by atoms with Gasteiger partial charge in [-0.2, -0.15) is 0 Å². The van der Waals surface area contributed by atoms with Gasteiger partial charge in [-0.05, 0) is 37.2 Å². The molecule has 0 heterocycles. The van der Waals surface area contributed by atoms with Gasteiger partial charge in [-0.15, -0.1) is 12.4 Å². The van der Waals surface area contributed by atoms with Crippen LogP contribution in [0.1, 0.15) is 12.8 Å². The van der Waals surface area contributed by atoms with Crippen LogP contribution in [0.25, 0.3) is 0 Å². The molecule has 1 aromatic rings. The minimum Gasteiger partial charge on any atom is -0.330 e. The second-order valence-corrected chi connectivity index (χ2v) is 3.38. The number of nitrogens with one attached hydrogen (secondary N) is 1. The Morgan fingerprint density at radius 2 is 1.93 bits per heavy atom. The van der Waals surface area contributed by atoms with Crippen LogP contribution in [0.4, 0.5) is 5.69 Å². The lowest BCUT2D eigenvalue weighted by molar-refractivity contribution is -0.116. The fourth-order valence-corrected chi connectivity index (χ4v) is 1.15. The average Bonchev–Trinajstić information content (AvgIpc) is 2.18. The summed E-state index contributed by atoms with van der Waals surface area (Å²) in [6.45, 7) is 0.536. The van der Waals surface area contributed by atoms with E-state index >= 15 is 0 Å². The second kappa shape index (κ2) is 7.51. The number of benzene rings is 1. The maximum absolute atomic E-state index is 11.3. The Kier molecular flexibility index (Phi) is 7.13. The number of rotatable bonds is 4. The van der Waals surface area contributed by atoms with E-state index in [0.717, 1.165) is 5.69 Å². The van der Waals surface area contributed by atoms with Crippen LogP contribution < -0.4 is 11.1 Å². The van der Waals surface area contributed by atoms with E-state index in [1.807, 2.05) is 0 Å². The number of nitrogens with two attached hydrogens (primary N) is 1.